The third-order valence-electron chi connectivity index (χ3n) is 5.14. The lowest BCUT2D eigenvalue weighted by Crippen LogP contribution is -2.38. The largest absolute Gasteiger partial charge is 0.493 e. The van der Waals surface area contributed by atoms with E-state index in [0.717, 1.165) is 18.4 Å². The minimum absolute atomic E-state index is 0.0995. The summed E-state index contributed by atoms with van der Waals surface area (Å²) in [4.78, 5) is 25.0. The molecule has 2 aromatic heterocycles. The van der Waals surface area contributed by atoms with Gasteiger partial charge in [0.15, 0.2) is 17.1 Å². The summed E-state index contributed by atoms with van der Waals surface area (Å²) in [5, 5.41) is 3.06. The maximum atomic E-state index is 12.8. The molecular weight excluding hydrogens is 388 g/mol. The Labute approximate surface area is 173 Å². The van der Waals surface area contributed by atoms with Crippen LogP contribution in [0.4, 0.5) is 0 Å². The van der Waals surface area contributed by atoms with Crippen LogP contribution in [-0.2, 0) is 4.74 Å². The minimum Gasteiger partial charge on any atom is -0.493 e. The third-order valence-corrected chi connectivity index (χ3v) is 5.14. The van der Waals surface area contributed by atoms with E-state index < -0.39 is 0 Å². The maximum absolute atomic E-state index is 12.8. The summed E-state index contributed by atoms with van der Waals surface area (Å²) < 4.78 is 21.6. The molecule has 1 fully saturated rings. The fourth-order valence-electron chi connectivity index (χ4n) is 3.54. The summed E-state index contributed by atoms with van der Waals surface area (Å²) in [6.07, 6.45) is 4.88. The molecule has 1 aromatic carbocycles. The van der Waals surface area contributed by atoms with Crippen LogP contribution in [0.1, 0.15) is 23.2 Å². The van der Waals surface area contributed by atoms with Crippen molar-refractivity contribution in [1.82, 2.24) is 20.3 Å². The quantitative estimate of drug-likeness (QED) is 0.641. The summed E-state index contributed by atoms with van der Waals surface area (Å²) >= 11 is 0. The molecule has 1 aliphatic rings. The van der Waals surface area contributed by atoms with Crippen LogP contribution < -0.4 is 19.5 Å². The number of rotatable bonds is 6. The van der Waals surface area contributed by atoms with Gasteiger partial charge in [0.25, 0.3) is 5.91 Å². The van der Waals surface area contributed by atoms with Crippen LogP contribution in [0.15, 0.2) is 24.5 Å². The second-order valence-corrected chi connectivity index (χ2v) is 6.93. The number of H-pyrrole nitrogens is 1. The van der Waals surface area contributed by atoms with Gasteiger partial charge in [-0.1, -0.05) is 0 Å². The van der Waals surface area contributed by atoms with E-state index in [-0.39, 0.29) is 11.9 Å². The van der Waals surface area contributed by atoms with E-state index in [4.69, 9.17) is 23.9 Å². The maximum Gasteiger partial charge on any atom is 0.255 e. The molecular formula is C21H24N4O5. The van der Waals surface area contributed by atoms with Crippen LogP contribution in [-0.4, -0.2) is 61.4 Å². The van der Waals surface area contributed by atoms with Gasteiger partial charge in [0.2, 0.25) is 5.75 Å². The van der Waals surface area contributed by atoms with E-state index in [1.807, 2.05) is 0 Å². The Balaban J connectivity index is 1.70. The van der Waals surface area contributed by atoms with Crippen molar-refractivity contribution in [1.29, 1.82) is 0 Å². The number of ether oxygens (including phenoxy) is 4. The number of hydrogen-bond donors (Lipinski definition) is 2. The van der Waals surface area contributed by atoms with Gasteiger partial charge in [0.1, 0.15) is 5.52 Å². The summed E-state index contributed by atoms with van der Waals surface area (Å²) in [5.74, 6) is 1.35. The van der Waals surface area contributed by atoms with E-state index >= 15 is 0 Å². The van der Waals surface area contributed by atoms with Crippen molar-refractivity contribution in [3.05, 3.63) is 30.1 Å². The number of carbonyl (C=O) groups excluding carboxylic acids is 1. The Morgan fingerprint density at radius 2 is 1.83 bits per heavy atom. The Kier molecular flexibility index (Phi) is 5.71. The number of benzene rings is 1. The first-order valence-electron chi connectivity index (χ1n) is 9.67. The molecule has 0 saturated carbocycles. The van der Waals surface area contributed by atoms with Crippen LogP contribution in [0.2, 0.25) is 0 Å². The molecule has 4 rings (SSSR count). The molecule has 2 N–H and O–H groups in total. The molecule has 0 bridgehead atoms. The Bertz CT molecular complexity index is 1030. The molecule has 1 amide bonds. The number of nitrogens with zero attached hydrogens (tertiary/aromatic N) is 2. The number of aromatic nitrogens is 3. The van der Waals surface area contributed by atoms with Gasteiger partial charge in [-0.25, -0.2) is 9.97 Å². The van der Waals surface area contributed by atoms with Gasteiger partial charge in [0, 0.05) is 31.0 Å². The third kappa shape index (κ3) is 3.76. The van der Waals surface area contributed by atoms with Gasteiger partial charge in [-0.3, -0.25) is 4.79 Å². The number of nitrogens with one attached hydrogen (secondary N) is 2. The molecule has 30 heavy (non-hydrogen) atoms. The number of hydrogen-bond acceptors (Lipinski definition) is 7. The van der Waals surface area contributed by atoms with E-state index in [0.29, 0.717) is 52.9 Å². The first-order chi connectivity index (χ1) is 14.6. The van der Waals surface area contributed by atoms with Gasteiger partial charge < -0.3 is 29.2 Å². The summed E-state index contributed by atoms with van der Waals surface area (Å²) in [7, 11) is 4.66. The van der Waals surface area contributed by atoms with E-state index in [9.17, 15) is 4.79 Å². The van der Waals surface area contributed by atoms with E-state index in [1.54, 1.807) is 45.9 Å². The summed E-state index contributed by atoms with van der Waals surface area (Å²) in [6.45, 7) is 1.31. The van der Waals surface area contributed by atoms with Crippen molar-refractivity contribution in [2.45, 2.75) is 18.9 Å². The minimum atomic E-state index is -0.176. The normalized spacial score (nSPS) is 14.5. The highest BCUT2D eigenvalue weighted by Gasteiger charge is 2.21. The molecule has 3 heterocycles. The van der Waals surface area contributed by atoms with Gasteiger partial charge in [0.05, 0.1) is 38.8 Å². The molecule has 0 radical (unpaired) electrons. The Morgan fingerprint density at radius 1 is 1.13 bits per heavy atom. The van der Waals surface area contributed by atoms with Crippen molar-refractivity contribution in [3.63, 3.8) is 0 Å². The first-order valence-corrected chi connectivity index (χ1v) is 9.67. The van der Waals surface area contributed by atoms with Crippen LogP contribution in [0.25, 0.3) is 22.4 Å². The number of fused-ring (bicyclic) bond motifs is 1. The molecule has 0 atom stereocenters. The average Bonchev–Trinajstić information content (AvgIpc) is 3.22. The highest BCUT2D eigenvalue weighted by molar-refractivity contribution is 6.04. The van der Waals surface area contributed by atoms with Crippen LogP contribution in [0.3, 0.4) is 0 Å². The fraction of sp³-hybridized carbons (Fsp3) is 0.381. The molecule has 0 spiro atoms. The molecule has 3 aromatic rings. The lowest BCUT2D eigenvalue weighted by molar-refractivity contribution is 0.0697. The summed E-state index contributed by atoms with van der Waals surface area (Å²) in [6, 6.07) is 3.69. The average molecular weight is 412 g/mol. The van der Waals surface area contributed by atoms with Crippen molar-refractivity contribution >= 4 is 17.1 Å². The Hall–Kier alpha value is -3.33. The number of aromatic amines is 1. The molecule has 0 unspecified atom stereocenters. The van der Waals surface area contributed by atoms with Crippen LogP contribution >= 0.6 is 0 Å². The smallest absolute Gasteiger partial charge is 0.255 e. The zero-order chi connectivity index (χ0) is 21.1. The SMILES string of the molecule is COc1cc(-c2cnc3[nH]cc(C(=O)NC4CCOCC4)c3n2)cc(OC)c1OC. The number of carbonyl (C=O) groups is 1. The number of methoxy groups -OCH3 is 3. The molecule has 158 valence electrons. The molecule has 1 aliphatic heterocycles. The topological polar surface area (TPSA) is 108 Å². The predicted octanol–water partition coefficient (Wildman–Crippen LogP) is 2.56. The van der Waals surface area contributed by atoms with Crippen molar-refractivity contribution < 1.29 is 23.7 Å². The van der Waals surface area contributed by atoms with Gasteiger partial charge in [-0.05, 0) is 25.0 Å². The standard InChI is InChI=1S/C21H24N4O5/c1-27-16-8-12(9-17(28-2)19(16)29-3)15-11-23-20-18(25-15)14(10-22-20)21(26)24-13-4-6-30-7-5-13/h8-11,13H,4-7H2,1-3H3,(H,22,23)(H,24,26). The predicted molar refractivity (Wildman–Crippen MR) is 110 cm³/mol. The molecule has 9 nitrogen and oxygen atoms in total. The van der Waals surface area contributed by atoms with Crippen LogP contribution in [0.5, 0.6) is 17.2 Å². The Morgan fingerprint density at radius 3 is 2.47 bits per heavy atom. The fourth-order valence-corrected chi connectivity index (χ4v) is 3.54. The second-order valence-electron chi connectivity index (χ2n) is 6.93. The monoisotopic (exact) mass is 412 g/mol. The zero-order valence-electron chi connectivity index (χ0n) is 17.2. The molecule has 0 aliphatic carbocycles. The highest BCUT2D eigenvalue weighted by atomic mass is 16.5. The first kappa shape index (κ1) is 20.0. The number of amides is 1. The molecule has 9 heteroatoms. The van der Waals surface area contributed by atoms with E-state index in [1.165, 1.54) is 0 Å². The lowest BCUT2D eigenvalue weighted by atomic mass is 10.1. The highest BCUT2D eigenvalue weighted by Crippen LogP contribution is 2.40. The van der Waals surface area contributed by atoms with Crippen molar-refractivity contribution in [3.8, 4) is 28.5 Å². The zero-order valence-corrected chi connectivity index (χ0v) is 17.2. The van der Waals surface area contributed by atoms with Gasteiger partial charge >= 0.3 is 0 Å². The van der Waals surface area contributed by atoms with Gasteiger partial charge in [-0.2, -0.15) is 0 Å². The second kappa shape index (κ2) is 8.58. The molecule has 1 saturated heterocycles. The summed E-state index contributed by atoms with van der Waals surface area (Å²) in [5.41, 5.74) is 2.82. The van der Waals surface area contributed by atoms with Crippen LogP contribution in [0, 0.1) is 0 Å². The van der Waals surface area contributed by atoms with Gasteiger partial charge in [-0.15, -0.1) is 0 Å². The van der Waals surface area contributed by atoms with Crippen molar-refractivity contribution in [2.75, 3.05) is 34.5 Å². The van der Waals surface area contributed by atoms with Crippen molar-refractivity contribution in [2.24, 2.45) is 0 Å². The lowest BCUT2D eigenvalue weighted by Gasteiger charge is -2.22. The van der Waals surface area contributed by atoms with E-state index in [2.05, 4.69) is 15.3 Å².